The Kier molecular flexibility index (Phi) is 6.89. The van der Waals surface area contributed by atoms with Crippen LogP contribution in [0.2, 0.25) is 0 Å². The highest BCUT2D eigenvalue weighted by Gasteiger charge is 2.04. The van der Waals surface area contributed by atoms with E-state index in [1.54, 1.807) is 18.4 Å². The molecule has 0 atom stereocenters. The lowest BCUT2D eigenvalue weighted by atomic mass is 10.2. The molecule has 1 aromatic heterocycles. The Bertz CT molecular complexity index is 337. The second-order valence-electron chi connectivity index (χ2n) is 2.63. The molecule has 0 saturated carbocycles. The maximum atomic E-state index is 9.10. The first-order valence-electron chi connectivity index (χ1n) is 4.29. The summed E-state index contributed by atoms with van der Waals surface area (Å²) >= 11 is 1.61. The smallest absolute Gasteiger partial charge is 0.414 e. The first-order chi connectivity index (χ1) is 7.51. The molecule has 0 aliphatic rings. The number of carbonyl (C=O) groups is 2. The fourth-order valence-corrected chi connectivity index (χ4v) is 1.53. The van der Waals surface area contributed by atoms with Gasteiger partial charge in [-0.25, -0.2) is 9.59 Å². The Labute approximate surface area is 96.3 Å². The van der Waals surface area contributed by atoms with Gasteiger partial charge >= 0.3 is 11.9 Å². The van der Waals surface area contributed by atoms with Crippen molar-refractivity contribution in [2.45, 2.75) is 6.42 Å². The lowest BCUT2D eigenvalue weighted by molar-refractivity contribution is -0.159. The van der Waals surface area contributed by atoms with Crippen molar-refractivity contribution in [3.8, 4) is 5.06 Å². The number of rotatable bonds is 3. The highest BCUT2D eigenvalue weighted by Crippen LogP contribution is 2.22. The molecule has 0 bridgehead atoms. The average molecular weight is 247 g/mol. The average Bonchev–Trinajstić information content (AvgIpc) is 2.67. The van der Waals surface area contributed by atoms with E-state index in [4.69, 9.17) is 30.3 Å². The molecule has 7 heteroatoms. The lowest BCUT2D eigenvalue weighted by Gasteiger charge is -1.90. The predicted molar refractivity (Wildman–Crippen MR) is 58.9 cm³/mol. The van der Waals surface area contributed by atoms with Crippen LogP contribution in [0.3, 0.4) is 0 Å². The maximum Gasteiger partial charge on any atom is 0.414 e. The summed E-state index contributed by atoms with van der Waals surface area (Å²) in [7, 11) is 1.68. The van der Waals surface area contributed by atoms with Crippen LogP contribution >= 0.6 is 11.3 Å². The van der Waals surface area contributed by atoms with E-state index < -0.39 is 11.9 Å². The summed E-state index contributed by atoms with van der Waals surface area (Å²) in [4.78, 5) is 18.2. The molecule has 16 heavy (non-hydrogen) atoms. The summed E-state index contributed by atoms with van der Waals surface area (Å²) in [5.74, 6) is -3.65. The fraction of sp³-hybridized carbons (Fsp3) is 0.333. The van der Waals surface area contributed by atoms with Crippen molar-refractivity contribution in [3.63, 3.8) is 0 Å². The molecule has 1 aromatic rings. The van der Waals surface area contributed by atoms with E-state index in [0.29, 0.717) is 6.54 Å². The molecule has 0 aliphatic heterocycles. The molecular formula is C9H13NO5S. The molecule has 6 nitrogen and oxygen atoms in total. The van der Waals surface area contributed by atoms with E-state index in [2.05, 4.69) is 5.38 Å². The summed E-state index contributed by atoms with van der Waals surface area (Å²) in [6.07, 6.45) is 0.944. The van der Waals surface area contributed by atoms with Gasteiger partial charge in [0.15, 0.2) is 5.06 Å². The van der Waals surface area contributed by atoms with E-state index in [9.17, 15) is 0 Å². The molecule has 0 saturated heterocycles. The molecule has 1 heterocycles. The van der Waals surface area contributed by atoms with Gasteiger partial charge in [-0.05, 0) is 30.0 Å². The molecule has 1 rings (SSSR count). The second-order valence-corrected chi connectivity index (χ2v) is 3.50. The summed E-state index contributed by atoms with van der Waals surface area (Å²) < 4.78 is 5.02. The zero-order valence-corrected chi connectivity index (χ0v) is 9.49. The molecule has 0 aromatic carbocycles. The van der Waals surface area contributed by atoms with Crippen molar-refractivity contribution in [1.82, 2.24) is 0 Å². The first kappa shape index (κ1) is 14.4. The van der Waals surface area contributed by atoms with E-state index in [1.807, 2.05) is 6.07 Å². The SMILES string of the molecule is COc1cc(CCN)cs1.O=C(O)C(=O)O. The third-order valence-electron chi connectivity index (χ3n) is 1.45. The predicted octanol–water partition coefficient (Wildman–Crippen LogP) is 0.414. The standard InChI is InChI=1S/C7H11NOS.C2H2O4/c1-9-7-4-6(2-3-8)5-10-7;3-1(4)2(5)6/h4-5H,2-3,8H2,1H3;(H,3,4)(H,5,6). The van der Waals surface area contributed by atoms with Crippen molar-refractivity contribution < 1.29 is 24.5 Å². The number of methoxy groups -OCH3 is 1. The normalized spacial score (nSPS) is 8.88. The Hall–Kier alpha value is -1.60. The van der Waals surface area contributed by atoms with Gasteiger partial charge in [-0.1, -0.05) is 0 Å². The number of nitrogens with two attached hydrogens (primary N) is 1. The summed E-state index contributed by atoms with van der Waals surface area (Å²) in [5, 5.41) is 17.8. The maximum absolute atomic E-state index is 9.10. The summed E-state index contributed by atoms with van der Waals surface area (Å²) in [6, 6.07) is 2.03. The third kappa shape index (κ3) is 5.99. The molecule has 0 radical (unpaired) electrons. The van der Waals surface area contributed by atoms with Crippen molar-refractivity contribution in [2.24, 2.45) is 5.73 Å². The van der Waals surface area contributed by atoms with Crippen LogP contribution in [0.25, 0.3) is 0 Å². The van der Waals surface area contributed by atoms with E-state index in [1.165, 1.54) is 5.56 Å². The molecule has 90 valence electrons. The Balaban J connectivity index is 0.000000325. The minimum atomic E-state index is -1.82. The van der Waals surface area contributed by atoms with Gasteiger partial charge in [0, 0.05) is 0 Å². The summed E-state index contributed by atoms with van der Waals surface area (Å²) in [6.45, 7) is 0.708. The van der Waals surface area contributed by atoms with Crippen LogP contribution in [-0.4, -0.2) is 35.8 Å². The van der Waals surface area contributed by atoms with Gasteiger partial charge in [-0.3, -0.25) is 0 Å². The topological polar surface area (TPSA) is 110 Å². The quantitative estimate of drug-likeness (QED) is 0.667. The van der Waals surface area contributed by atoms with Crippen LogP contribution in [0.15, 0.2) is 11.4 Å². The van der Waals surface area contributed by atoms with Gasteiger partial charge in [0.2, 0.25) is 0 Å². The number of carboxylic acid groups (broad SMARTS) is 2. The molecule has 0 fully saturated rings. The summed E-state index contributed by atoms with van der Waals surface area (Å²) in [5.41, 5.74) is 6.64. The van der Waals surface area contributed by atoms with E-state index >= 15 is 0 Å². The number of aliphatic carboxylic acids is 2. The van der Waals surface area contributed by atoms with E-state index in [-0.39, 0.29) is 0 Å². The van der Waals surface area contributed by atoms with Crippen molar-refractivity contribution in [3.05, 3.63) is 17.0 Å². The monoisotopic (exact) mass is 247 g/mol. The van der Waals surface area contributed by atoms with Crippen LogP contribution in [0.5, 0.6) is 5.06 Å². The van der Waals surface area contributed by atoms with Gasteiger partial charge in [-0.2, -0.15) is 0 Å². The molecule has 0 unspecified atom stereocenters. The zero-order valence-electron chi connectivity index (χ0n) is 8.67. The molecule has 0 spiro atoms. The second kappa shape index (κ2) is 7.66. The Morgan fingerprint density at radius 1 is 1.44 bits per heavy atom. The van der Waals surface area contributed by atoms with Gasteiger partial charge in [0.1, 0.15) is 0 Å². The van der Waals surface area contributed by atoms with E-state index in [0.717, 1.165) is 11.5 Å². The highest BCUT2D eigenvalue weighted by atomic mass is 32.1. The highest BCUT2D eigenvalue weighted by molar-refractivity contribution is 7.12. The zero-order chi connectivity index (χ0) is 12.6. The van der Waals surface area contributed by atoms with Crippen LogP contribution in [0.1, 0.15) is 5.56 Å². The Morgan fingerprint density at radius 2 is 2.00 bits per heavy atom. The first-order valence-corrected chi connectivity index (χ1v) is 5.17. The van der Waals surface area contributed by atoms with Crippen LogP contribution in [-0.2, 0) is 16.0 Å². The lowest BCUT2D eigenvalue weighted by Crippen LogP contribution is -2.09. The number of carboxylic acids is 2. The molecule has 4 N–H and O–H groups in total. The number of ether oxygens (including phenoxy) is 1. The van der Waals surface area contributed by atoms with Gasteiger partial charge in [-0.15, -0.1) is 11.3 Å². The molecule has 0 amide bonds. The van der Waals surface area contributed by atoms with Crippen molar-refractivity contribution in [1.29, 1.82) is 0 Å². The number of hydrogen-bond donors (Lipinski definition) is 3. The molecular weight excluding hydrogens is 234 g/mol. The fourth-order valence-electron chi connectivity index (χ4n) is 0.758. The van der Waals surface area contributed by atoms with Crippen molar-refractivity contribution >= 4 is 23.3 Å². The van der Waals surface area contributed by atoms with Crippen LogP contribution < -0.4 is 10.5 Å². The van der Waals surface area contributed by atoms with Crippen molar-refractivity contribution in [2.75, 3.05) is 13.7 Å². The number of thiophene rings is 1. The van der Waals surface area contributed by atoms with Crippen LogP contribution in [0.4, 0.5) is 0 Å². The number of hydrogen-bond acceptors (Lipinski definition) is 5. The third-order valence-corrected chi connectivity index (χ3v) is 2.38. The largest absolute Gasteiger partial charge is 0.487 e. The Morgan fingerprint density at radius 3 is 2.31 bits per heavy atom. The molecule has 0 aliphatic carbocycles. The van der Waals surface area contributed by atoms with Crippen LogP contribution in [0, 0.1) is 0 Å². The minimum absolute atomic E-state index is 0.708. The van der Waals surface area contributed by atoms with Gasteiger partial charge in [0.25, 0.3) is 0 Å². The minimum Gasteiger partial charge on any atom is -0.487 e. The van der Waals surface area contributed by atoms with Gasteiger partial charge < -0.3 is 20.7 Å². The van der Waals surface area contributed by atoms with Gasteiger partial charge in [0.05, 0.1) is 7.11 Å².